The maximum atomic E-state index is 9.01. The van der Waals surface area contributed by atoms with E-state index >= 15 is 0 Å². The fraction of sp³-hybridized carbons (Fsp3) is 1.00. The van der Waals surface area contributed by atoms with Gasteiger partial charge in [-0.25, -0.2) is 0 Å². The van der Waals surface area contributed by atoms with Gasteiger partial charge in [-0.05, 0) is 30.6 Å². The normalized spacial score (nSPS) is 33.0. The molecule has 1 aliphatic carbocycles. The SMILES string of the molecule is CC(CO)CO[C@@H]1C[C@H](C)CCC1C(C)C. The highest BCUT2D eigenvalue weighted by Crippen LogP contribution is 2.35. The molecule has 16 heavy (non-hydrogen) atoms. The molecule has 1 aliphatic rings. The lowest BCUT2D eigenvalue weighted by Crippen LogP contribution is -2.35. The topological polar surface area (TPSA) is 29.5 Å². The van der Waals surface area contributed by atoms with Gasteiger partial charge in [0.1, 0.15) is 0 Å². The number of hydrogen-bond donors (Lipinski definition) is 1. The second kappa shape index (κ2) is 6.61. The zero-order chi connectivity index (χ0) is 12.1. The van der Waals surface area contributed by atoms with Crippen LogP contribution in [0.15, 0.2) is 0 Å². The summed E-state index contributed by atoms with van der Waals surface area (Å²) in [5, 5.41) is 9.01. The fourth-order valence-corrected chi connectivity index (χ4v) is 2.65. The van der Waals surface area contributed by atoms with E-state index in [2.05, 4.69) is 20.8 Å². The summed E-state index contributed by atoms with van der Waals surface area (Å²) in [6.45, 7) is 9.89. The minimum Gasteiger partial charge on any atom is -0.396 e. The first-order valence-electron chi connectivity index (χ1n) is 6.77. The maximum absolute atomic E-state index is 9.01. The molecule has 0 aliphatic heterocycles. The maximum Gasteiger partial charge on any atom is 0.0608 e. The fourth-order valence-electron chi connectivity index (χ4n) is 2.65. The Balaban J connectivity index is 2.44. The molecule has 0 amide bonds. The van der Waals surface area contributed by atoms with Gasteiger partial charge < -0.3 is 9.84 Å². The molecular formula is C14H28O2. The Labute approximate surface area is 100 Å². The van der Waals surface area contributed by atoms with Gasteiger partial charge in [-0.2, -0.15) is 0 Å². The molecule has 1 fully saturated rings. The highest BCUT2D eigenvalue weighted by Gasteiger charge is 2.31. The van der Waals surface area contributed by atoms with Crippen molar-refractivity contribution in [1.29, 1.82) is 0 Å². The van der Waals surface area contributed by atoms with Crippen molar-refractivity contribution < 1.29 is 9.84 Å². The van der Waals surface area contributed by atoms with E-state index in [1.807, 2.05) is 6.92 Å². The van der Waals surface area contributed by atoms with Gasteiger partial charge in [0.15, 0.2) is 0 Å². The monoisotopic (exact) mass is 228 g/mol. The lowest BCUT2D eigenvalue weighted by atomic mass is 9.75. The molecule has 2 heteroatoms. The van der Waals surface area contributed by atoms with Crippen LogP contribution in [0.4, 0.5) is 0 Å². The summed E-state index contributed by atoms with van der Waals surface area (Å²) in [6.07, 6.45) is 4.26. The molecule has 2 unspecified atom stereocenters. The van der Waals surface area contributed by atoms with Crippen LogP contribution in [0.25, 0.3) is 0 Å². The summed E-state index contributed by atoms with van der Waals surface area (Å²) >= 11 is 0. The average Bonchev–Trinajstić information content (AvgIpc) is 2.25. The van der Waals surface area contributed by atoms with Gasteiger partial charge in [-0.1, -0.05) is 34.1 Å². The number of aliphatic hydroxyl groups is 1. The van der Waals surface area contributed by atoms with E-state index in [1.165, 1.54) is 19.3 Å². The first-order chi connectivity index (χ1) is 7.54. The number of hydrogen-bond acceptors (Lipinski definition) is 2. The summed E-state index contributed by atoms with van der Waals surface area (Å²) in [7, 11) is 0. The molecule has 1 rings (SSSR count). The first kappa shape index (κ1) is 14.0. The lowest BCUT2D eigenvalue weighted by molar-refractivity contribution is -0.0544. The third kappa shape index (κ3) is 4.06. The van der Waals surface area contributed by atoms with Crippen molar-refractivity contribution in [3.8, 4) is 0 Å². The molecule has 0 aromatic heterocycles. The minimum absolute atomic E-state index is 0.231. The zero-order valence-corrected chi connectivity index (χ0v) is 11.3. The summed E-state index contributed by atoms with van der Waals surface area (Å²) in [6, 6.07) is 0. The van der Waals surface area contributed by atoms with Crippen molar-refractivity contribution in [2.75, 3.05) is 13.2 Å². The van der Waals surface area contributed by atoms with Crippen LogP contribution in [-0.2, 0) is 4.74 Å². The molecule has 0 radical (unpaired) electrons. The smallest absolute Gasteiger partial charge is 0.0608 e. The van der Waals surface area contributed by atoms with Gasteiger partial charge in [0.05, 0.1) is 12.7 Å². The van der Waals surface area contributed by atoms with Crippen LogP contribution in [0.3, 0.4) is 0 Å². The van der Waals surface area contributed by atoms with Crippen LogP contribution in [-0.4, -0.2) is 24.4 Å². The van der Waals surface area contributed by atoms with Crippen LogP contribution in [0.2, 0.25) is 0 Å². The van der Waals surface area contributed by atoms with Crippen molar-refractivity contribution >= 4 is 0 Å². The van der Waals surface area contributed by atoms with Crippen LogP contribution < -0.4 is 0 Å². The predicted octanol–water partition coefficient (Wildman–Crippen LogP) is 3.09. The minimum atomic E-state index is 0.231. The van der Waals surface area contributed by atoms with Crippen molar-refractivity contribution in [3.05, 3.63) is 0 Å². The number of aliphatic hydroxyl groups excluding tert-OH is 1. The van der Waals surface area contributed by atoms with E-state index in [-0.39, 0.29) is 12.5 Å². The molecule has 0 aromatic carbocycles. The van der Waals surface area contributed by atoms with Crippen molar-refractivity contribution in [2.45, 2.75) is 53.1 Å². The quantitative estimate of drug-likeness (QED) is 0.783. The van der Waals surface area contributed by atoms with E-state index in [0.717, 1.165) is 5.92 Å². The van der Waals surface area contributed by atoms with Crippen molar-refractivity contribution in [3.63, 3.8) is 0 Å². The van der Waals surface area contributed by atoms with Crippen LogP contribution in [0.5, 0.6) is 0 Å². The Bertz CT molecular complexity index is 191. The Morgan fingerprint density at radius 2 is 1.94 bits per heavy atom. The Morgan fingerprint density at radius 1 is 1.25 bits per heavy atom. The summed E-state index contributed by atoms with van der Waals surface area (Å²) in [4.78, 5) is 0. The first-order valence-corrected chi connectivity index (χ1v) is 6.77. The second-order valence-electron chi connectivity index (χ2n) is 5.99. The third-order valence-electron chi connectivity index (χ3n) is 3.87. The van der Waals surface area contributed by atoms with Gasteiger partial charge >= 0.3 is 0 Å². The largest absolute Gasteiger partial charge is 0.396 e. The molecule has 0 heterocycles. The highest BCUT2D eigenvalue weighted by atomic mass is 16.5. The molecule has 96 valence electrons. The van der Waals surface area contributed by atoms with E-state index in [4.69, 9.17) is 9.84 Å². The molecule has 4 atom stereocenters. The second-order valence-corrected chi connectivity index (χ2v) is 5.99. The standard InChI is InChI=1S/C14H28O2/c1-10(2)13-6-5-11(3)7-14(13)16-9-12(4)8-15/h10-15H,5-9H2,1-4H3/t11-,12?,13?,14-/m1/s1. The van der Waals surface area contributed by atoms with Crippen LogP contribution in [0, 0.1) is 23.7 Å². The van der Waals surface area contributed by atoms with Gasteiger partial charge in [0.25, 0.3) is 0 Å². The Morgan fingerprint density at radius 3 is 2.50 bits per heavy atom. The molecule has 0 saturated heterocycles. The molecule has 0 aromatic rings. The van der Waals surface area contributed by atoms with Gasteiger partial charge in [-0.15, -0.1) is 0 Å². The van der Waals surface area contributed by atoms with E-state index < -0.39 is 0 Å². The van der Waals surface area contributed by atoms with Crippen molar-refractivity contribution in [2.24, 2.45) is 23.7 Å². The molecule has 1 saturated carbocycles. The van der Waals surface area contributed by atoms with Crippen LogP contribution >= 0.6 is 0 Å². The highest BCUT2D eigenvalue weighted by molar-refractivity contribution is 4.81. The van der Waals surface area contributed by atoms with Gasteiger partial charge in [-0.3, -0.25) is 0 Å². The van der Waals surface area contributed by atoms with Gasteiger partial charge in [0.2, 0.25) is 0 Å². The molecule has 0 bridgehead atoms. The van der Waals surface area contributed by atoms with Crippen molar-refractivity contribution in [1.82, 2.24) is 0 Å². The summed E-state index contributed by atoms with van der Waals surface area (Å²) < 4.78 is 6.02. The van der Waals surface area contributed by atoms with Gasteiger partial charge in [0, 0.05) is 12.5 Å². The summed E-state index contributed by atoms with van der Waals surface area (Å²) in [5.74, 6) is 2.48. The Kier molecular flexibility index (Phi) is 5.77. The van der Waals surface area contributed by atoms with E-state index in [9.17, 15) is 0 Å². The Hall–Kier alpha value is -0.0800. The van der Waals surface area contributed by atoms with E-state index in [1.54, 1.807) is 0 Å². The predicted molar refractivity (Wildman–Crippen MR) is 67.3 cm³/mol. The molecular weight excluding hydrogens is 200 g/mol. The zero-order valence-electron chi connectivity index (χ0n) is 11.3. The average molecular weight is 228 g/mol. The molecule has 1 N–H and O–H groups in total. The van der Waals surface area contributed by atoms with Crippen LogP contribution in [0.1, 0.15) is 47.0 Å². The number of rotatable bonds is 5. The third-order valence-corrected chi connectivity index (χ3v) is 3.87. The molecule has 2 nitrogen and oxygen atoms in total. The molecule has 0 spiro atoms. The van der Waals surface area contributed by atoms with E-state index in [0.29, 0.717) is 24.5 Å². The lowest BCUT2D eigenvalue weighted by Gasteiger charge is -2.37. The number of ether oxygens (including phenoxy) is 1. The summed E-state index contributed by atoms with van der Waals surface area (Å²) in [5.41, 5.74) is 0.